The van der Waals surface area contributed by atoms with Crippen molar-refractivity contribution in [3.8, 4) is 11.4 Å². The van der Waals surface area contributed by atoms with Crippen molar-refractivity contribution in [2.75, 3.05) is 13.1 Å². The number of amides is 1. The Bertz CT molecular complexity index is 946. The Morgan fingerprint density at radius 3 is 2.64 bits per heavy atom. The number of benzene rings is 1. The van der Waals surface area contributed by atoms with Crippen molar-refractivity contribution in [1.29, 1.82) is 0 Å². The Kier molecular flexibility index (Phi) is 5.24. The third kappa shape index (κ3) is 3.84. The molecule has 1 saturated heterocycles. The van der Waals surface area contributed by atoms with Crippen molar-refractivity contribution < 1.29 is 4.79 Å². The van der Waals surface area contributed by atoms with Crippen LogP contribution in [0.5, 0.6) is 0 Å². The summed E-state index contributed by atoms with van der Waals surface area (Å²) in [7, 11) is 0. The number of piperidine rings is 1. The fraction of sp³-hybridized carbons (Fsp3) is 0.348. The summed E-state index contributed by atoms with van der Waals surface area (Å²) < 4.78 is 2.29. The van der Waals surface area contributed by atoms with Crippen LogP contribution in [0.15, 0.2) is 54.9 Å². The molecule has 0 saturated carbocycles. The van der Waals surface area contributed by atoms with Crippen LogP contribution in [0.3, 0.4) is 0 Å². The quantitative estimate of drug-likeness (QED) is 0.690. The number of carbonyl (C=O) groups is 1. The van der Waals surface area contributed by atoms with Gasteiger partial charge in [0.1, 0.15) is 5.82 Å². The molecule has 28 heavy (non-hydrogen) atoms. The van der Waals surface area contributed by atoms with Crippen LogP contribution in [0.1, 0.15) is 34.6 Å². The molecule has 1 aliphatic rings. The molecule has 0 N–H and O–H groups in total. The first-order valence-corrected chi connectivity index (χ1v) is 9.91. The summed E-state index contributed by atoms with van der Waals surface area (Å²) in [5.74, 6) is 1.51. The second kappa shape index (κ2) is 7.97. The lowest BCUT2D eigenvalue weighted by Crippen LogP contribution is -2.41. The first kappa shape index (κ1) is 18.4. The highest BCUT2D eigenvalue weighted by molar-refractivity contribution is 5.94. The van der Waals surface area contributed by atoms with E-state index in [2.05, 4.69) is 33.6 Å². The van der Waals surface area contributed by atoms with Crippen LogP contribution in [0.4, 0.5) is 0 Å². The minimum atomic E-state index is 0.0860. The van der Waals surface area contributed by atoms with Crippen molar-refractivity contribution in [2.45, 2.75) is 33.2 Å². The van der Waals surface area contributed by atoms with E-state index in [-0.39, 0.29) is 5.91 Å². The van der Waals surface area contributed by atoms with Gasteiger partial charge in [-0.3, -0.25) is 9.78 Å². The van der Waals surface area contributed by atoms with E-state index in [4.69, 9.17) is 0 Å². The lowest BCUT2D eigenvalue weighted by Gasteiger charge is -2.33. The highest BCUT2D eigenvalue weighted by Gasteiger charge is 2.26. The summed E-state index contributed by atoms with van der Waals surface area (Å²) in [5, 5.41) is 0. The highest BCUT2D eigenvalue weighted by Crippen LogP contribution is 2.25. The Morgan fingerprint density at radius 2 is 1.89 bits per heavy atom. The summed E-state index contributed by atoms with van der Waals surface area (Å²) >= 11 is 0. The summed E-state index contributed by atoms with van der Waals surface area (Å²) in [5.41, 5.74) is 3.89. The second-order valence-electron chi connectivity index (χ2n) is 7.65. The minimum absolute atomic E-state index is 0.0860. The minimum Gasteiger partial charge on any atom is -0.338 e. The maximum Gasteiger partial charge on any atom is 0.255 e. The van der Waals surface area contributed by atoms with Gasteiger partial charge in [-0.15, -0.1) is 0 Å². The average molecular weight is 374 g/mol. The van der Waals surface area contributed by atoms with Crippen LogP contribution in [0, 0.1) is 19.8 Å². The molecule has 4 rings (SSSR count). The van der Waals surface area contributed by atoms with Crippen molar-refractivity contribution in [1.82, 2.24) is 19.4 Å². The molecule has 2 aromatic heterocycles. The van der Waals surface area contributed by atoms with Gasteiger partial charge in [0.25, 0.3) is 5.91 Å². The molecule has 1 amide bonds. The van der Waals surface area contributed by atoms with Crippen molar-refractivity contribution in [3.63, 3.8) is 0 Å². The van der Waals surface area contributed by atoms with E-state index in [0.717, 1.165) is 55.3 Å². The molecule has 0 radical (unpaired) electrons. The van der Waals surface area contributed by atoms with Crippen LogP contribution < -0.4 is 0 Å². The number of hydrogen-bond donors (Lipinski definition) is 0. The second-order valence-corrected chi connectivity index (χ2v) is 7.65. The Labute approximate surface area is 166 Å². The lowest BCUT2D eigenvalue weighted by atomic mass is 9.97. The first-order chi connectivity index (χ1) is 13.6. The monoisotopic (exact) mass is 374 g/mol. The van der Waals surface area contributed by atoms with Gasteiger partial charge in [0, 0.05) is 49.0 Å². The zero-order valence-corrected chi connectivity index (χ0v) is 16.5. The van der Waals surface area contributed by atoms with Gasteiger partial charge in [0.05, 0.1) is 5.56 Å². The largest absolute Gasteiger partial charge is 0.338 e. The predicted molar refractivity (Wildman–Crippen MR) is 110 cm³/mol. The smallest absolute Gasteiger partial charge is 0.255 e. The topological polar surface area (TPSA) is 51.0 Å². The van der Waals surface area contributed by atoms with Crippen LogP contribution in [0.2, 0.25) is 0 Å². The van der Waals surface area contributed by atoms with E-state index in [1.54, 1.807) is 6.20 Å². The summed E-state index contributed by atoms with van der Waals surface area (Å²) in [4.78, 5) is 23.8. The molecule has 1 atom stereocenters. The van der Waals surface area contributed by atoms with Crippen LogP contribution in [0.25, 0.3) is 11.4 Å². The Morgan fingerprint density at radius 1 is 1.07 bits per heavy atom. The molecule has 1 aliphatic heterocycles. The number of aromatic nitrogens is 3. The summed E-state index contributed by atoms with van der Waals surface area (Å²) in [6.45, 7) is 6.51. The lowest BCUT2D eigenvalue weighted by molar-refractivity contribution is 0.0662. The molecule has 5 heteroatoms. The van der Waals surface area contributed by atoms with Gasteiger partial charge in [-0.05, 0) is 44.7 Å². The number of aryl methyl sites for hydroxylation is 2. The number of hydrogen-bond acceptors (Lipinski definition) is 3. The van der Waals surface area contributed by atoms with Gasteiger partial charge in [0.2, 0.25) is 0 Å². The Hall–Kier alpha value is -2.95. The number of nitrogens with zero attached hydrogens (tertiary/aromatic N) is 4. The molecule has 0 aliphatic carbocycles. The van der Waals surface area contributed by atoms with E-state index in [0.29, 0.717) is 11.5 Å². The summed E-state index contributed by atoms with van der Waals surface area (Å²) in [6, 6.07) is 14.1. The van der Waals surface area contributed by atoms with E-state index >= 15 is 0 Å². The van der Waals surface area contributed by atoms with E-state index in [1.807, 2.05) is 48.4 Å². The molecule has 3 aromatic rings. The summed E-state index contributed by atoms with van der Waals surface area (Å²) in [6.07, 6.45) is 5.78. The fourth-order valence-electron chi connectivity index (χ4n) is 3.94. The fourth-order valence-corrected chi connectivity index (χ4v) is 3.94. The number of pyridine rings is 1. The van der Waals surface area contributed by atoms with Gasteiger partial charge < -0.3 is 9.47 Å². The molecule has 0 spiro atoms. The van der Waals surface area contributed by atoms with Gasteiger partial charge in [-0.2, -0.15) is 0 Å². The average Bonchev–Trinajstić information content (AvgIpc) is 3.09. The maximum absolute atomic E-state index is 12.9. The zero-order valence-electron chi connectivity index (χ0n) is 16.5. The normalized spacial score (nSPS) is 16.9. The maximum atomic E-state index is 12.9. The van der Waals surface area contributed by atoms with E-state index < -0.39 is 0 Å². The Balaban J connectivity index is 1.50. The SMILES string of the molecule is Cc1ccc(C(=O)N2CCCC(Cn3c(C)cnc3-c3ccccc3)C2)cn1. The molecule has 0 bridgehead atoms. The van der Waals surface area contributed by atoms with E-state index in [1.165, 1.54) is 0 Å². The predicted octanol–water partition coefficient (Wildman–Crippen LogP) is 4.11. The molecule has 1 aromatic carbocycles. The van der Waals surface area contributed by atoms with Gasteiger partial charge in [-0.25, -0.2) is 4.98 Å². The van der Waals surface area contributed by atoms with Gasteiger partial charge >= 0.3 is 0 Å². The number of likely N-dealkylation sites (tertiary alicyclic amines) is 1. The van der Waals surface area contributed by atoms with Crippen molar-refractivity contribution in [3.05, 3.63) is 71.8 Å². The van der Waals surface area contributed by atoms with Gasteiger partial charge in [0.15, 0.2) is 0 Å². The van der Waals surface area contributed by atoms with Gasteiger partial charge in [-0.1, -0.05) is 30.3 Å². The molecular formula is C23H26N4O. The molecule has 144 valence electrons. The third-order valence-corrected chi connectivity index (χ3v) is 5.49. The zero-order chi connectivity index (χ0) is 19.5. The standard InChI is InChI=1S/C23H26N4O/c1-17-10-11-21(14-24-17)23(28)26-12-6-7-19(15-26)16-27-18(2)13-25-22(27)20-8-4-3-5-9-20/h3-5,8-11,13-14,19H,6-7,12,15-16H2,1-2H3. The van der Waals surface area contributed by atoms with Crippen LogP contribution >= 0.6 is 0 Å². The molecule has 3 heterocycles. The number of carbonyl (C=O) groups excluding carboxylic acids is 1. The molecular weight excluding hydrogens is 348 g/mol. The number of imidazole rings is 1. The molecule has 1 unspecified atom stereocenters. The third-order valence-electron chi connectivity index (χ3n) is 5.49. The van der Waals surface area contributed by atoms with E-state index in [9.17, 15) is 4.79 Å². The highest BCUT2D eigenvalue weighted by atomic mass is 16.2. The van der Waals surface area contributed by atoms with Crippen molar-refractivity contribution in [2.24, 2.45) is 5.92 Å². The van der Waals surface area contributed by atoms with Crippen LogP contribution in [-0.4, -0.2) is 38.4 Å². The molecule has 5 nitrogen and oxygen atoms in total. The van der Waals surface area contributed by atoms with Crippen molar-refractivity contribution >= 4 is 5.91 Å². The first-order valence-electron chi connectivity index (χ1n) is 9.91. The van der Waals surface area contributed by atoms with Crippen LogP contribution in [-0.2, 0) is 6.54 Å². The number of rotatable bonds is 4. The molecule has 1 fully saturated rings.